The molecule has 0 fully saturated rings. The Labute approximate surface area is 202 Å². The van der Waals surface area contributed by atoms with E-state index < -0.39 is 30.1 Å². The third kappa shape index (κ3) is 7.35. The fourth-order valence-corrected chi connectivity index (χ4v) is 3.59. The van der Waals surface area contributed by atoms with Crippen LogP contribution in [-0.4, -0.2) is 35.2 Å². The molecule has 3 rings (SSSR count). The summed E-state index contributed by atoms with van der Waals surface area (Å²) in [6, 6.07) is 21.2. The van der Waals surface area contributed by atoms with Gasteiger partial charge in [-0.05, 0) is 35.4 Å². The molecular formula is C26H25ClN2O5. The first-order chi connectivity index (χ1) is 16.3. The molecule has 0 heterocycles. The summed E-state index contributed by atoms with van der Waals surface area (Å²) in [5.41, 5.74) is 1.82. The predicted molar refractivity (Wildman–Crippen MR) is 128 cm³/mol. The standard InChI is InChI=1S/C26H25ClN2O5/c1-17(30)34-24(16-19-11-13-20(31)14-12-19)29-26(33)23(15-18-7-3-2-4-8-18)28-25(32)21-9-5-6-10-22(21)27/h2-14,23-24,31H,15-16H2,1H3,(H,28,32)(H,29,33)/t23-,24+/m0/s1. The number of aromatic hydroxyl groups is 1. The first-order valence-corrected chi connectivity index (χ1v) is 11.0. The summed E-state index contributed by atoms with van der Waals surface area (Å²) in [5, 5.41) is 15.2. The van der Waals surface area contributed by atoms with Gasteiger partial charge < -0.3 is 20.5 Å². The molecule has 0 aliphatic rings. The summed E-state index contributed by atoms with van der Waals surface area (Å²) in [6.07, 6.45) is -0.568. The largest absolute Gasteiger partial charge is 0.508 e. The summed E-state index contributed by atoms with van der Waals surface area (Å²) in [4.78, 5) is 37.8. The van der Waals surface area contributed by atoms with Crippen LogP contribution in [0, 0.1) is 0 Å². The lowest BCUT2D eigenvalue weighted by molar-refractivity contribution is -0.149. The Balaban J connectivity index is 1.79. The molecule has 0 saturated carbocycles. The lowest BCUT2D eigenvalue weighted by Crippen LogP contribution is -2.52. The summed E-state index contributed by atoms with van der Waals surface area (Å²) in [7, 11) is 0. The molecule has 0 bridgehead atoms. The van der Waals surface area contributed by atoms with Crippen LogP contribution >= 0.6 is 11.6 Å². The zero-order valence-corrected chi connectivity index (χ0v) is 19.3. The number of esters is 1. The normalized spacial score (nSPS) is 12.3. The molecule has 176 valence electrons. The van der Waals surface area contributed by atoms with Crippen LogP contribution < -0.4 is 10.6 Å². The van der Waals surface area contributed by atoms with Gasteiger partial charge >= 0.3 is 5.97 Å². The van der Waals surface area contributed by atoms with E-state index in [2.05, 4.69) is 10.6 Å². The van der Waals surface area contributed by atoms with Gasteiger partial charge in [-0.2, -0.15) is 0 Å². The molecule has 2 amide bonds. The van der Waals surface area contributed by atoms with Crippen molar-refractivity contribution in [2.45, 2.75) is 32.0 Å². The number of phenolic OH excluding ortho intramolecular Hbond substituents is 1. The maximum atomic E-state index is 13.2. The Kier molecular flexibility index (Phi) is 8.65. The molecule has 3 aromatic carbocycles. The minimum absolute atomic E-state index is 0.0991. The highest BCUT2D eigenvalue weighted by molar-refractivity contribution is 6.33. The number of halogens is 1. The van der Waals surface area contributed by atoms with Crippen molar-refractivity contribution >= 4 is 29.4 Å². The predicted octanol–water partition coefficient (Wildman–Crippen LogP) is 3.63. The zero-order valence-electron chi connectivity index (χ0n) is 18.5. The van der Waals surface area contributed by atoms with E-state index in [0.717, 1.165) is 11.1 Å². The van der Waals surface area contributed by atoms with E-state index >= 15 is 0 Å². The molecule has 0 radical (unpaired) electrons. The molecule has 0 aromatic heterocycles. The number of rotatable bonds is 9. The minimum atomic E-state index is -0.968. The minimum Gasteiger partial charge on any atom is -0.508 e. The van der Waals surface area contributed by atoms with Gasteiger partial charge in [0.25, 0.3) is 5.91 Å². The lowest BCUT2D eigenvalue weighted by Gasteiger charge is -2.24. The van der Waals surface area contributed by atoms with Crippen molar-refractivity contribution in [3.63, 3.8) is 0 Å². The number of hydrogen-bond donors (Lipinski definition) is 3. The number of ether oxygens (including phenoxy) is 1. The molecule has 0 aliphatic heterocycles. The molecule has 7 nitrogen and oxygen atoms in total. The Hall–Kier alpha value is -3.84. The number of carbonyl (C=O) groups excluding carboxylic acids is 3. The van der Waals surface area contributed by atoms with Gasteiger partial charge in [0.2, 0.25) is 5.91 Å². The van der Waals surface area contributed by atoms with Crippen molar-refractivity contribution in [1.82, 2.24) is 10.6 Å². The molecule has 3 aromatic rings. The number of benzene rings is 3. The van der Waals surface area contributed by atoms with E-state index in [4.69, 9.17) is 16.3 Å². The van der Waals surface area contributed by atoms with Gasteiger partial charge in [0.05, 0.1) is 10.6 Å². The van der Waals surface area contributed by atoms with Crippen molar-refractivity contribution in [3.8, 4) is 5.75 Å². The quantitative estimate of drug-likeness (QED) is 0.320. The molecule has 3 N–H and O–H groups in total. The highest BCUT2D eigenvalue weighted by atomic mass is 35.5. The lowest BCUT2D eigenvalue weighted by atomic mass is 10.0. The number of hydrogen-bond acceptors (Lipinski definition) is 5. The average Bonchev–Trinajstić information content (AvgIpc) is 2.80. The fraction of sp³-hybridized carbons (Fsp3) is 0.192. The van der Waals surface area contributed by atoms with Gasteiger partial charge in [-0.1, -0.05) is 66.2 Å². The third-order valence-electron chi connectivity index (χ3n) is 4.99. The third-order valence-corrected chi connectivity index (χ3v) is 5.32. The Morgan fingerprint density at radius 2 is 1.47 bits per heavy atom. The molecule has 2 atom stereocenters. The highest BCUT2D eigenvalue weighted by Crippen LogP contribution is 2.16. The van der Waals surface area contributed by atoms with Crippen molar-refractivity contribution in [2.24, 2.45) is 0 Å². The molecule has 8 heteroatoms. The molecular weight excluding hydrogens is 456 g/mol. The Morgan fingerprint density at radius 3 is 2.12 bits per heavy atom. The smallest absolute Gasteiger partial charge is 0.304 e. The van der Waals surface area contributed by atoms with Gasteiger partial charge in [0, 0.05) is 19.8 Å². The van der Waals surface area contributed by atoms with Gasteiger partial charge in [-0.3, -0.25) is 14.4 Å². The van der Waals surface area contributed by atoms with Crippen LogP contribution in [0.1, 0.15) is 28.4 Å². The van der Waals surface area contributed by atoms with Crippen LogP contribution in [0.4, 0.5) is 0 Å². The van der Waals surface area contributed by atoms with E-state index in [9.17, 15) is 19.5 Å². The second kappa shape index (κ2) is 11.9. The SMILES string of the molecule is CC(=O)O[C@H](Cc1ccc(O)cc1)NC(=O)[C@H](Cc1ccccc1)NC(=O)c1ccccc1Cl. The molecule has 0 unspecified atom stereocenters. The Bertz CT molecular complexity index is 1140. The van der Waals surface area contributed by atoms with Gasteiger partial charge in [0.15, 0.2) is 6.23 Å². The highest BCUT2D eigenvalue weighted by Gasteiger charge is 2.26. The van der Waals surface area contributed by atoms with Crippen molar-refractivity contribution in [1.29, 1.82) is 0 Å². The van der Waals surface area contributed by atoms with Gasteiger partial charge in [-0.15, -0.1) is 0 Å². The molecule has 0 spiro atoms. The zero-order chi connectivity index (χ0) is 24.5. The maximum Gasteiger partial charge on any atom is 0.304 e. The van der Waals surface area contributed by atoms with Crippen LogP contribution in [0.15, 0.2) is 78.9 Å². The van der Waals surface area contributed by atoms with Crippen LogP contribution in [-0.2, 0) is 27.2 Å². The van der Waals surface area contributed by atoms with E-state index in [0.29, 0.717) is 0 Å². The summed E-state index contributed by atoms with van der Waals surface area (Å²) in [5.74, 6) is -1.48. The van der Waals surface area contributed by atoms with Crippen LogP contribution in [0.2, 0.25) is 5.02 Å². The molecule has 0 saturated heterocycles. The first kappa shape index (κ1) is 24.8. The summed E-state index contributed by atoms with van der Waals surface area (Å²) >= 11 is 6.15. The average molecular weight is 481 g/mol. The van der Waals surface area contributed by atoms with E-state index in [-0.39, 0.29) is 29.2 Å². The first-order valence-electron chi connectivity index (χ1n) is 10.7. The summed E-state index contributed by atoms with van der Waals surface area (Å²) < 4.78 is 5.30. The van der Waals surface area contributed by atoms with Gasteiger partial charge in [-0.25, -0.2) is 0 Å². The second-order valence-electron chi connectivity index (χ2n) is 7.67. The van der Waals surface area contributed by atoms with Crippen molar-refractivity contribution in [3.05, 3.63) is 101 Å². The van der Waals surface area contributed by atoms with Crippen LogP contribution in [0.25, 0.3) is 0 Å². The number of nitrogens with one attached hydrogen (secondary N) is 2. The molecule has 34 heavy (non-hydrogen) atoms. The fourth-order valence-electron chi connectivity index (χ4n) is 3.37. The monoisotopic (exact) mass is 480 g/mol. The maximum absolute atomic E-state index is 13.2. The number of carbonyl (C=O) groups is 3. The summed E-state index contributed by atoms with van der Waals surface area (Å²) in [6.45, 7) is 1.25. The topological polar surface area (TPSA) is 105 Å². The van der Waals surface area contributed by atoms with E-state index in [1.165, 1.54) is 19.1 Å². The number of amides is 2. The van der Waals surface area contributed by atoms with Crippen LogP contribution in [0.5, 0.6) is 5.75 Å². The van der Waals surface area contributed by atoms with Crippen LogP contribution in [0.3, 0.4) is 0 Å². The van der Waals surface area contributed by atoms with Crippen molar-refractivity contribution in [2.75, 3.05) is 0 Å². The van der Waals surface area contributed by atoms with Gasteiger partial charge in [0.1, 0.15) is 11.8 Å². The molecule has 0 aliphatic carbocycles. The van der Waals surface area contributed by atoms with E-state index in [1.807, 2.05) is 30.3 Å². The number of phenols is 1. The Morgan fingerprint density at radius 1 is 0.853 bits per heavy atom. The van der Waals surface area contributed by atoms with Crippen molar-refractivity contribution < 1.29 is 24.2 Å². The second-order valence-corrected chi connectivity index (χ2v) is 8.08. The van der Waals surface area contributed by atoms with E-state index in [1.54, 1.807) is 36.4 Å².